The normalized spacial score (nSPS) is 11.7. The van der Waals surface area contributed by atoms with Crippen LogP contribution in [0.15, 0.2) is 121 Å². The number of aromatic nitrogens is 1. The molecule has 6 aromatic carbocycles. The van der Waals surface area contributed by atoms with Gasteiger partial charge in [0.15, 0.2) is 0 Å². The van der Waals surface area contributed by atoms with Gasteiger partial charge in [0.1, 0.15) is 0 Å². The van der Waals surface area contributed by atoms with Crippen molar-refractivity contribution in [1.29, 1.82) is 0 Å². The summed E-state index contributed by atoms with van der Waals surface area (Å²) in [5.41, 5.74) is 5.91. The number of hydrogen-bond acceptors (Lipinski definition) is 0. The zero-order valence-corrected chi connectivity index (χ0v) is 19.1. The molecule has 0 amide bonds. The van der Waals surface area contributed by atoms with Crippen LogP contribution in [0, 0.1) is 0 Å². The average Bonchev–Trinajstić information content (AvgIpc) is 3.21. The van der Waals surface area contributed by atoms with Crippen molar-refractivity contribution in [2.24, 2.45) is 0 Å². The van der Waals surface area contributed by atoms with E-state index in [1.165, 1.54) is 49.0 Å². The maximum Gasteiger partial charge on any atom is 0.0555 e. The van der Waals surface area contributed by atoms with Gasteiger partial charge < -0.3 is 4.57 Å². The lowest BCUT2D eigenvalue weighted by molar-refractivity contribution is 1.18. The van der Waals surface area contributed by atoms with Gasteiger partial charge in [-0.3, -0.25) is 0 Å². The van der Waals surface area contributed by atoms with Crippen molar-refractivity contribution in [3.8, 4) is 16.8 Å². The fraction of sp³-hybridized carbons (Fsp3) is 0. The minimum atomic E-state index is 0.744. The van der Waals surface area contributed by atoms with Crippen LogP contribution < -0.4 is 0 Å². The molecule has 0 atom stereocenters. The highest BCUT2D eigenvalue weighted by Crippen LogP contribution is 2.39. The third kappa shape index (κ3) is 2.88. The van der Waals surface area contributed by atoms with Gasteiger partial charge in [-0.2, -0.15) is 0 Å². The van der Waals surface area contributed by atoms with Gasteiger partial charge in [-0.15, -0.1) is 0 Å². The second-order valence-corrected chi connectivity index (χ2v) is 9.19. The molecule has 0 aliphatic rings. The van der Waals surface area contributed by atoms with E-state index in [0.29, 0.717) is 0 Å². The Balaban J connectivity index is 1.57. The molecule has 0 aliphatic heterocycles. The highest BCUT2D eigenvalue weighted by molar-refractivity contribution is 6.31. The number of fused-ring (bicyclic) bond motifs is 6. The Labute approximate surface area is 202 Å². The first-order valence-electron chi connectivity index (χ1n) is 11.5. The van der Waals surface area contributed by atoms with Gasteiger partial charge >= 0.3 is 0 Å². The molecule has 0 spiro atoms. The summed E-state index contributed by atoms with van der Waals surface area (Å²) in [4.78, 5) is 0. The van der Waals surface area contributed by atoms with Crippen molar-refractivity contribution in [3.63, 3.8) is 0 Å². The molecule has 0 N–H and O–H groups in total. The molecule has 34 heavy (non-hydrogen) atoms. The van der Waals surface area contributed by atoms with Crippen molar-refractivity contribution in [2.75, 3.05) is 0 Å². The van der Waals surface area contributed by atoms with Crippen molar-refractivity contribution in [2.45, 2.75) is 0 Å². The lowest BCUT2D eigenvalue weighted by atomic mass is 9.92. The molecule has 160 valence electrons. The van der Waals surface area contributed by atoms with Crippen LogP contribution >= 0.6 is 11.6 Å². The largest absolute Gasteiger partial charge is 0.309 e. The maximum absolute atomic E-state index is 6.44. The van der Waals surface area contributed by atoms with Crippen LogP contribution in [0.4, 0.5) is 0 Å². The van der Waals surface area contributed by atoms with Gasteiger partial charge in [0.25, 0.3) is 0 Å². The Morgan fingerprint density at radius 1 is 0.471 bits per heavy atom. The minimum Gasteiger partial charge on any atom is -0.309 e. The number of nitrogens with zero attached hydrogens (tertiary/aromatic N) is 1. The SMILES string of the molecule is Clc1ccc2c3cc(-c4cc5ccccc5c5ccccc45)ccc3n(-c3ccccc3)c2c1. The summed E-state index contributed by atoms with van der Waals surface area (Å²) in [5.74, 6) is 0. The van der Waals surface area contributed by atoms with Crippen LogP contribution in [0.1, 0.15) is 0 Å². The topological polar surface area (TPSA) is 4.93 Å². The number of halogens is 1. The summed E-state index contributed by atoms with van der Waals surface area (Å²) in [7, 11) is 0. The van der Waals surface area contributed by atoms with Crippen LogP contribution in [0.5, 0.6) is 0 Å². The van der Waals surface area contributed by atoms with E-state index in [1.807, 2.05) is 12.1 Å². The molecule has 0 bridgehead atoms. The second-order valence-electron chi connectivity index (χ2n) is 8.76. The zero-order valence-electron chi connectivity index (χ0n) is 18.4. The molecule has 7 rings (SSSR count). The summed E-state index contributed by atoms with van der Waals surface area (Å²) < 4.78 is 2.30. The average molecular weight is 454 g/mol. The molecule has 1 nitrogen and oxygen atoms in total. The van der Waals surface area contributed by atoms with Crippen molar-refractivity contribution >= 4 is 55.0 Å². The Morgan fingerprint density at radius 2 is 1.21 bits per heavy atom. The summed E-state index contributed by atoms with van der Waals surface area (Å²) >= 11 is 6.44. The van der Waals surface area contributed by atoms with E-state index in [0.717, 1.165) is 16.2 Å². The van der Waals surface area contributed by atoms with Gasteiger partial charge in [-0.1, -0.05) is 90.5 Å². The van der Waals surface area contributed by atoms with Crippen LogP contribution in [-0.4, -0.2) is 4.57 Å². The monoisotopic (exact) mass is 453 g/mol. The zero-order chi connectivity index (χ0) is 22.6. The fourth-order valence-electron chi connectivity index (χ4n) is 5.31. The summed E-state index contributed by atoms with van der Waals surface area (Å²) in [6.45, 7) is 0. The molecule has 0 saturated carbocycles. The van der Waals surface area contributed by atoms with E-state index in [2.05, 4.69) is 114 Å². The van der Waals surface area contributed by atoms with Crippen LogP contribution in [0.25, 0.3) is 60.2 Å². The summed E-state index contributed by atoms with van der Waals surface area (Å²) in [5, 5.41) is 8.28. The molecule has 0 aliphatic carbocycles. The molecular weight excluding hydrogens is 434 g/mol. The number of para-hydroxylation sites is 1. The molecule has 2 heteroatoms. The van der Waals surface area contributed by atoms with Gasteiger partial charge in [0.05, 0.1) is 11.0 Å². The summed E-state index contributed by atoms with van der Waals surface area (Å²) in [6.07, 6.45) is 0. The molecule has 7 aromatic rings. The maximum atomic E-state index is 6.44. The molecule has 0 radical (unpaired) electrons. The first-order valence-corrected chi connectivity index (χ1v) is 11.9. The van der Waals surface area contributed by atoms with Gasteiger partial charge in [0.2, 0.25) is 0 Å². The van der Waals surface area contributed by atoms with Crippen molar-refractivity contribution in [1.82, 2.24) is 4.57 Å². The number of benzene rings is 6. The highest BCUT2D eigenvalue weighted by atomic mass is 35.5. The van der Waals surface area contributed by atoms with Gasteiger partial charge in [-0.25, -0.2) is 0 Å². The highest BCUT2D eigenvalue weighted by Gasteiger charge is 2.15. The third-order valence-corrected chi connectivity index (χ3v) is 7.06. The molecule has 0 unspecified atom stereocenters. The fourth-order valence-corrected chi connectivity index (χ4v) is 5.48. The Bertz CT molecular complexity index is 1860. The van der Waals surface area contributed by atoms with Crippen molar-refractivity contribution in [3.05, 3.63) is 126 Å². The number of hydrogen-bond donors (Lipinski definition) is 0. The smallest absolute Gasteiger partial charge is 0.0555 e. The Hall–Kier alpha value is -4.07. The second kappa shape index (κ2) is 7.48. The third-order valence-electron chi connectivity index (χ3n) is 6.82. The van der Waals surface area contributed by atoms with E-state index in [-0.39, 0.29) is 0 Å². The lowest BCUT2D eigenvalue weighted by Gasteiger charge is -2.12. The van der Waals surface area contributed by atoms with E-state index in [1.54, 1.807) is 0 Å². The van der Waals surface area contributed by atoms with E-state index in [9.17, 15) is 0 Å². The molecule has 0 saturated heterocycles. The van der Waals surface area contributed by atoms with Crippen LogP contribution in [0.3, 0.4) is 0 Å². The quantitative estimate of drug-likeness (QED) is 0.230. The Kier molecular flexibility index (Phi) is 4.27. The summed E-state index contributed by atoms with van der Waals surface area (Å²) in [6, 6.07) is 43.2. The van der Waals surface area contributed by atoms with Crippen LogP contribution in [-0.2, 0) is 0 Å². The Morgan fingerprint density at radius 3 is 2.06 bits per heavy atom. The molecule has 1 aromatic heterocycles. The lowest BCUT2D eigenvalue weighted by Crippen LogP contribution is -1.93. The first-order chi connectivity index (χ1) is 16.8. The van der Waals surface area contributed by atoms with Gasteiger partial charge in [0, 0.05) is 21.5 Å². The number of rotatable bonds is 2. The first kappa shape index (κ1) is 19.4. The van der Waals surface area contributed by atoms with Gasteiger partial charge in [-0.05, 0) is 75.1 Å². The molecule has 1 heterocycles. The van der Waals surface area contributed by atoms with E-state index < -0.39 is 0 Å². The van der Waals surface area contributed by atoms with E-state index >= 15 is 0 Å². The van der Waals surface area contributed by atoms with Crippen LogP contribution in [0.2, 0.25) is 5.02 Å². The molecular formula is C32H20ClN. The minimum absolute atomic E-state index is 0.744. The molecule has 0 fully saturated rings. The predicted octanol–water partition coefficient (Wildman–Crippen LogP) is 9.41. The standard InChI is InChI=1S/C32H20ClN/c33-23-15-16-28-30-19-22(14-17-31(30)34(32(28)20-23)24-9-2-1-3-10-24)29-18-21-8-4-5-11-25(21)26-12-6-7-13-27(26)29/h1-20H. The van der Waals surface area contributed by atoms with Crippen molar-refractivity contribution < 1.29 is 0 Å². The van der Waals surface area contributed by atoms with E-state index in [4.69, 9.17) is 11.6 Å². The predicted molar refractivity (Wildman–Crippen MR) is 146 cm³/mol.